The molecular weight excluding hydrogens is 449 g/mol. The van der Waals surface area contributed by atoms with Crippen LogP contribution in [0.25, 0.3) is 0 Å². The highest BCUT2D eigenvalue weighted by Crippen LogP contribution is 2.34. The third-order valence-corrected chi connectivity index (χ3v) is 7.10. The minimum atomic E-state index is -2.39. The molecule has 0 bridgehead atoms. The highest BCUT2D eigenvalue weighted by Gasteiger charge is 2.41. The fraction of sp³-hybridized carbons (Fsp3) is 0.519. The Kier molecular flexibility index (Phi) is 11.1. The number of rotatable bonds is 15. The second-order valence-corrected chi connectivity index (χ2v) is 9.87. The number of unbranched alkanes of at least 4 members (excludes halogenated alkanes) is 3. The second-order valence-electron chi connectivity index (χ2n) is 9.10. The van der Waals surface area contributed by atoms with Gasteiger partial charge in [0.25, 0.3) is 0 Å². The first-order chi connectivity index (χ1) is 16.5. The lowest BCUT2D eigenvalue weighted by Gasteiger charge is -2.35. The lowest BCUT2D eigenvalue weighted by Crippen LogP contribution is -2.49. The minimum absolute atomic E-state index is 0.208. The number of ketones is 1. The first kappa shape index (κ1) is 26.9. The SMILES string of the molecule is CCN1COCC1(CCc1ccc(C(=O)CCCCCCc2ccccc2)cc1)COP(O)O. The quantitative estimate of drug-likeness (QED) is 0.202. The van der Waals surface area contributed by atoms with E-state index < -0.39 is 8.60 Å². The molecule has 0 saturated carbocycles. The van der Waals surface area contributed by atoms with Crippen molar-refractivity contribution in [2.45, 2.75) is 63.8 Å². The predicted octanol–water partition coefficient (Wildman–Crippen LogP) is 5.27. The Morgan fingerprint density at radius 3 is 2.41 bits per heavy atom. The van der Waals surface area contributed by atoms with E-state index >= 15 is 0 Å². The number of hydrogen-bond donors (Lipinski definition) is 2. The summed E-state index contributed by atoms with van der Waals surface area (Å²) >= 11 is 0. The molecule has 1 aliphatic rings. The van der Waals surface area contributed by atoms with Gasteiger partial charge in [-0.05, 0) is 49.8 Å². The number of aryl methyl sites for hydroxylation is 2. The van der Waals surface area contributed by atoms with Crippen LogP contribution in [0.3, 0.4) is 0 Å². The number of ether oxygens (including phenoxy) is 1. The molecule has 6 nitrogen and oxygen atoms in total. The second kappa shape index (κ2) is 14.0. The molecule has 1 unspecified atom stereocenters. The van der Waals surface area contributed by atoms with Crippen LogP contribution in [0.4, 0.5) is 0 Å². The standard InChI is InChI=1S/C27H38NO5P/c1-2-28-22-32-20-27(28,21-33-34(30)31)19-18-24-14-16-25(17-15-24)26(29)13-9-4-3-6-10-23-11-7-5-8-12-23/h5,7-8,11-12,14-17,30-31H,2-4,6,9-10,13,18-22H2,1H3. The number of benzene rings is 2. The molecule has 1 heterocycles. The lowest BCUT2D eigenvalue weighted by molar-refractivity contribution is 0.0736. The van der Waals surface area contributed by atoms with Crippen LogP contribution in [0, 0.1) is 0 Å². The fourth-order valence-corrected chi connectivity index (χ4v) is 4.96. The van der Waals surface area contributed by atoms with Gasteiger partial charge < -0.3 is 19.0 Å². The van der Waals surface area contributed by atoms with Crippen molar-refractivity contribution >= 4 is 14.4 Å². The molecule has 186 valence electrons. The van der Waals surface area contributed by atoms with Gasteiger partial charge in [0.15, 0.2) is 5.78 Å². The van der Waals surface area contributed by atoms with Crippen LogP contribution >= 0.6 is 8.60 Å². The number of hydrogen-bond acceptors (Lipinski definition) is 6. The Bertz CT molecular complexity index is 861. The summed E-state index contributed by atoms with van der Waals surface area (Å²) in [6, 6.07) is 18.5. The third kappa shape index (κ3) is 8.23. The van der Waals surface area contributed by atoms with Gasteiger partial charge in [0.05, 0.1) is 25.5 Å². The van der Waals surface area contributed by atoms with Gasteiger partial charge in [0.1, 0.15) is 0 Å². The molecule has 2 aromatic rings. The zero-order valence-corrected chi connectivity index (χ0v) is 21.1. The number of nitrogens with zero attached hydrogens (tertiary/aromatic N) is 1. The van der Waals surface area contributed by atoms with Gasteiger partial charge in [-0.1, -0.05) is 74.4 Å². The molecule has 1 atom stereocenters. The van der Waals surface area contributed by atoms with E-state index in [2.05, 4.69) is 36.1 Å². The smallest absolute Gasteiger partial charge is 0.327 e. The van der Waals surface area contributed by atoms with E-state index in [1.54, 1.807) is 0 Å². The van der Waals surface area contributed by atoms with Crippen molar-refractivity contribution in [1.29, 1.82) is 0 Å². The van der Waals surface area contributed by atoms with Gasteiger partial charge in [0, 0.05) is 12.0 Å². The molecule has 0 amide bonds. The van der Waals surface area contributed by atoms with E-state index in [0.717, 1.165) is 62.6 Å². The number of Topliss-reactive ketones (excluding diaryl/α,β-unsaturated/α-hetero) is 1. The van der Waals surface area contributed by atoms with Crippen LogP contribution in [0.15, 0.2) is 54.6 Å². The monoisotopic (exact) mass is 487 g/mol. The van der Waals surface area contributed by atoms with Crippen LogP contribution in [0.2, 0.25) is 0 Å². The molecule has 0 aromatic heterocycles. The number of carbonyl (C=O) groups excluding carboxylic acids is 1. The van der Waals surface area contributed by atoms with E-state index in [9.17, 15) is 14.6 Å². The molecule has 0 aliphatic carbocycles. The molecule has 34 heavy (non-hydrogen) atoms. The molecule has 0 radical (unpaired) electrons. The summed E-state index contributed by atoms with van der Waals surface area (Å²) in [5.74, 6) is 0.208. The van der Waals surface area contributed by atoms with Gasteiger partial charge in [-0.15, -0.1) is 0 Å². The number of likely N-dealkylation sites (N-methyl/N-ethyl adjacent to an activating group) is 1. The highest BCUT2D eigenvalue weighted by atomic mass is 31.2. The Labute approximate surface area is 204 Å². The van der Waals surface area contributed by atoms with Crippen molar-refractivity contribution in [1.82, 2.24) is 4.90 Å². The zero-order valence-electron chi connectivity index (χ0n) is 20.2. The largest absolute Gasteiger partial charge is 0.364 e. The van der Waals surface area contributed by atoms with Gasteiger partial charge >= 0.3 is 8.60 Å². The maximum Gasteiger partial charge on any atom is 0.327 e. The Hall–Kier alpha value is -1.66. The van der Waals surface area contributed by atoms with Gasteiger partial charge in [-0.25, -0.2) is 0 Å². The van der Waals surface area contributed by atoms with Gasteiger partial charge in [0.2, 0.25) is 0 Å². The maximum atomic E-state index is 12.6. The predicted molar refractivity (Wildman–Crippen MR) is 136 cm³/mol. The Morgan fingerprint density at radius 1 is 1.00 bits per heavy atom. The van der Waals surface area contributed by atoms with Crippen molar-refractivity contribution in [3.63, 3.8) is 0 Å². The normalized spacial score (nSPS) is 18.6. The number of carbonyl (C=O) groups is 1. The molecule has 1 fully saturated rings. The molecule has 1 saturated heterocycles. The topological polar surface area (TPSA) is 79.2 Å². The molecule has 2 N–H and O–H groups in total. The molecule has 7 heteroatoms. The van der Waals surface area contributed by atoms with Crippen molar-refractivity contribution in [3.05, 3.63) is 71.3 Å². The van der Waals surface area contributed by atoms with Crippen LogP contribution in [0.5, 0.6) is 0 Å². The first-order valence-corrected chi connectivity index (χ1v) is 13.5. The summed E-state index contributed by atoms with van der Waals surface area (Å²) in [6.07, 6.45) is 7.61. The van der Waals surface area contributed by atoms with Crippen LogP contribution in [-0.4, -0.2) is 52.5 Å². The van der Waals surface area contributed by atoms with E-state index in [4.69, 9.17) is 9.26 Å². The molecule has 2 aromatic carbocycles. The minimum Gasteiger partial charge on any atom is -0.364 e. The van der Waals surface area contributed by atoms with E-state index in [-0.39, 0.29) is 17.9 Å². The van der Waals surface area contributed by atoms with Gasteiger partial charge in [-0.2, -0.15) is 0 Å². The average Bonchev–Trinajstić information content (AvgIpc) is 3.27. The van der Waals surface area contributed by atoms with E-state index in [1.165, 1.54) is 5.56 Å². The summed E-state index contributed by atoms with van der Waals surface area (Å²) in [5, 5.41) is 0. The van der Waals surface area contributed by atoms with Crippen molar-refractivity contribution < 1.29 is 23.8 Å². The van der Waals surface area contributed by atoms with Crippen molar-refractivity contribution in [2.24, 2.45) is 0 Å². The summed E-state index contributed by atoms with van der Waals surface area (Å²) in [5.41, 5.74) is 2.94. The molecule has 0 spiro atoms. The van der Waals surface area contributed by atoms with E-state index in [0.29, 0.717) is 19.8 Å². The molecule has 3 rings (SSSR count). The van der Waals surface area contributed by atoms with Crippen LogP contribution < -0.4 is 0 Å². The molecule has 1 aliphatic heterocycles. The van der Waals surface area contributed by atoms with Crippen LogP contribution in [-0.2, 0) is 22.1 Å². The molecular formula is C27H38NO5P. The maximum absolute atomic E-state index is 12.6. The fourth-order valence-electron chi connectivity index (χ4n) is 4.61. The Morgan fingerprint density at radius 2 is 1.71 bits per heavy atom. The van der Waals surface area contributed by atoms with Crippen molar-refractivity contribution in [2.75, 3.05) is 26.5 Å². The summed E-state index contributed by atoms with van der Waals surface area (Å²) < 4.78 is 10.9. The van der Waals surface area contributed by atoms with Crippen LogP contribution in [0.1, 0.15) is 66.9 Å². The summed E-state index contributed by atoms with van der Waals surface area (Å²) in [7, 11) is -2.39. The average molecular weight is 488 g/mol. The summed E-state index contributed by atoms with van der Waals surface area (Å²) in [4.78, 5) is 33.2. The highest BCUT2D eigenvalue weighted by molar-refractivity contribution is 7.39. The summed E-state index contributed by atoms with van der Waals surface area (Å²) in [6.45, 7) is 4.12. The van der Waals surface area contributed by atoms with E-state index in [1.807, 2.05) is 30.3 Å². The zero-order chi connectivity index (χ0) is 24.2. The Balaban J connectivity index is 1.40. The van der Waals surface area contributed by atoms with Crippen molar-refractivity contribution in [3.8, 4) is 0 Å². The third-order valence-electron chi connectivity index (χ3n) is 6.74. The first-order valence-electron chi connectivity index (χ1n) is 12.3. The van der Waals surface area contributed by atoms with Gasteiger partial charge in [-0.3, -0.25) is 9.69 Å². The lowest BCUT2D eigenvalue weighted by atomic mass is 9.91.